The van der Waals surface area contributed by atoms with Crippen LogP contribution in [0.25, 0.3) is 0 Å². The first-order valence-corrected chi connectivity index (χ1v) is 6.61. The monoisotopic (exact) mass is 278 g/mol. The van der Waals surface area contributed by atoms with Crippen LogP contribution in [0.4, 0.5) is 11.4 Å². The molecule has 1 fully saturated rings. The Morgan fingerprint density at radius 3 is 2.90 bits per heavy atom. The molecule has 1 aliphatic rings. The zero-order valence-corrected chi connectivity index (χ0v) is 11.3. The summed E-state index contributed by atoms with van der Waals surface area (Å²) in [6.45, 7) is 3.48. The predicted molar refractivity (Wildman–Crippen MR) is 75.2 cm³/mol. The molecule has 0 bridgehead atoms. The number of hydrazine groups is 1. The van der Waals surface area contributed by atoms with Crippen LogP contribution < -0.4 is 11.3 Å². The molecule has 0 aromatic heterocycles. The van der Waals surface area contributed by atoms with E-state index < -0.39 is 4.92 Å². The lowest BCUT2D eigenvalue weighted by Gasteiger charge is -2.18. The summed E-state index contributed by atoms with van der Waals surface area (Å²) >= 11 is 0. The molecule has 1 atom stereocenters. The minimum Gasteiger partial charge on any atom is -0.338 e. The minimum atomic E-state index is -0.551. The van der Waals surface area contributed by atoms with Crippen molar-refractivity contribution in [1.82, 2.24) is 4.90 Å². The van der Waals surface area contributed by atoms with Gasteiger partial charge in [0.2, 0.25) is 0 Å². The van der Waals surface area contributed by atoms with Crippen molar-refractivity contribution in [3.05, 3.63) is 33.9 Å². The van der Waals surface area contributed by atoms with Crippen molar-refractivity contribution in [2.45, 2.75) is 19.8 Å². The van der Waals surface area contributed by atoms with Gasteiger partial charge in [0.1, 0.15) is 5.69 Å². The largest absolute Gasteiger partial charge is 0.338 e. The van der Waals surface area contributed by atoms with E-state index in [9.17, 15) is 14.9 Å². The number of anilines is 1. The van der Waals surface area contributed by atoms with Crippen molar-refractivity contribution in [2.24, 2.45) is 11.8 Å². The van der Waals surface area contributed by atoms with Gasteiger partial charge < -0.3 is 10.3 Å². The molecule has 1 heterocycles. The zero-order valence-electron chi connectivity index (χ0n) is 11.3. The maximum Gasteiger partial charge on any atom is 0.294 e. The van der Waals surface area contributed by atoms with E-state index >= 15 is 0 Å². The zero-order chi connectivity index (χ0) is 14.7. The lowest BCUT2D eigenvalue weighted by atomic mass is 10.1. The third-order valence-electron chi connectivity index (χ3n) is 3.76. The summed E-state index contributed by atoms with van der Waals surface area (Å²) in [5, 5.41) is 11.0. The molecule has 0 radical (unpaired) electrons. The number of para-hydroxylation sites is 1. The molecule has 1 aromatic carbocycles. The van der Waals surface area contributed by atoms with Crippen LogP contribution in [0.5, 0.6) is 0 Å². The van der Waals surface area contributed by atoms with Gasteiger partial charge >= 0.3 is 0 Å². The smallest absolute Gasteiger partial charge is 0.294 e. The Hall–Kier alpha value is -2.15. The van der Waals surface area contributed by atoms with Crippen LogP contribution in [0.15, 0.2) is 18.2 Å². The van der Waals surface area contributed by atoms with Crippen LogP contribution in [0.3, 0.4) is 0 Å². The van der Waals surface area contributed by atoms with Crippen molar-refractivity contribution in [3.8, 4) is 0 Å². The number of nitrogen functional groups attached to an aromatic ring is 1. The van der Waals surface area contributed by atoms with Crippen LogP contribution in [0.1, 0.15) is 30.1 Å². The summed E-state index contributed by atoms with van der Waals surface area (Å²) in [4.78, 5) is 24.6. The third kappa shape index (κ3) is 2.57. The van der Waals surface area contributed by atoms with E-state index in [1.165, 1.54) is 12.1 Å². The van der Waals surface area contributed by atoms with Gasteiger partial charge in [0, 0.05) is 19.2 Å². The lowest BCUT2D eigenvalue weighted by Crippen LogP contribution is -2.30. The fourth-order valence-electron chi connectivity index (χ4n) is 2.54. The van der Waals surface area contributed by atoms with Crippen LogP contribution in [0.2, 0.25) is 0 Å². The number of nitrogens with one attached hydrogen (secondary N) is 1. The van der Waals surface area contributed by atoms with Gasteiger partial charge in [0.25, 0.3) is 11.6 Å². The summed E-state index contributed by atoms with van der Waals surface area (Å²) in [5.74, 6) is 5.65. The minimum absolute atomic E-state index is 0.0717. The number of nitro groups is 1. The molecule has 1 aromatic rings. The number of nitro benzene ring substituents is 1. The molecule has 7 heteroatoms. The molecule has 7 nitrogen and oxygen atoms in total. The quantitative estimate of drug-likeness (QED) is 0.496. The normalized spacial score (nSPS) is 18.1. The van der Waals surface area contributed by atoms with Crippen molar-refractivity contribution >= 4 is 17.3 Å². The number of carbonyl (C=O) groups excluding carboxylic acids is 1. The lowest BCUT2D eigenvalue weighted by molar-refractivity contribution is -0.384. The highest BCUT2D eigenvalue weighted by Crippen LogP contribution is 2.30. The first-order valence-electron chi connectivity index (χ1n) is 6.61. The second kappa shape index (κ2) is 5.87. The number of likely N-dealkylation sites (tertiary alicyclic amines) is 1. The first kappa shape index (κ1) is 14.3. The molecule has 2 rings (SSSR count). The molecule has 3 N–H and O–H groups in total. The van der Waals surface area contributed by atoms with Gasteiger partial charge in [-0.3, -0.25) is 20.8 Å². The summed E-state index contributed by atoms with van der Waals surface area (Å²) in [6.07, 6.45) is 2.00. The summed E-state index contributed by atoms with van der Waals surface area (Å²) in [5.41, 5.74) is 2.42. The maximum atomic E-state index is 12.5. The molecule has 0 spiro atoms. The van der Waals surface area contributed by atoms with Crippen LogP contribution >= 0.6 is 0 Å². The summed E-state index contributed by atoms with van der Waals surface area (Å²) < 4.78 is 0. The van der Waals surface area contributed by atoms with E-state index in [2.05, 4.69) is 12.3 Å². The Labute approximate surface area is 116 Å². The molecule has 108 valence electrons. The van der Waals surface area contributed by atoms with Gasteiger partial charge in [-0.25, -0.2) is 0 Å². The molecule has 0 saturated carbocycles. The number of nitrogens with zero attached hydrogens (tertiary/aromatic N) is 2. The Morgan fingerprint density at radius 2 is 2.35 bits per heavy atom. The molecule has 1 unspecified atom stereocenters. The highest BCUT2D eigenvalue weighted by molar-refractivity contribution is 6.01. The van der Waals surface area contributed by atoms with E-state index in [1.807, 2.05) is 0 Å². The van der Waals surface area contributed by atoms with Gasteiger partial charge in [-0.2, -0.15) is 0 Å². The molecular weight excluding hydrogens is 260 g/mol. The van der Waals surface area contributed by atoms with Crippen LogP contribution in [0, 0.1) is 16.0 Å². The van der Waals surface area contributed by atoms with Gasteiger partial charge in [0.15, 0.2) is 0 Å². The van der Waals surface area contributed by atoms with Gasteiger partial charge in [-0.1, -0.05) is 19.4 Å². The third-order valence-corrected chi connectivity index (χ3v) is 3.76. The number of carbonyl (C=O) groups is 1. The van der Waals surface area contributed by atoms with Crippen molar-refractivity contribution in [1.29, 1.82) is 0 Å². The first-order chi connectivity index (χ1) is 9.58. The fraction of sp³-hybridized carbons (Fsp3) is 0.462. The standard InChI is InChI=1S/C13H18N4O3/c1-2-9-6-7-16(8-9)13(18)10-4-3-5-11(17(19)20)12(10)15-14/h3-5,9,15H,2,6-8,14H2,1H3. The average molecular weight is 278 g/mol. The van der Waals surface area contributed by atoms with E-state index in [1.54, 1.807) is 11.0 Å². The molecule has 1 saturated heterocycles. The van der Waals surface area contributed by atoms with E-state index in [0.29, 0.717) is 19.0 Å². The summed E-state index contributed by atoms with van der Waals surface area (Å²) in [7, 11) is 0. The molecular formula is C13H18N4O3. The molecule has 20 heavy (non-hydrogen) atoms. The number of hydrogen-bond acceptors (Lipinski definition) is 5. The predicted octanol–water partition coefficient (Wildman–Crippen LogP) is 1.75. The Bertz CT molecular complexity index is 532. The SMILES string of the molecule is CCC1CCN(C(=O)c2cccc([N+](=O)[O-])c2NN)C1. The topological polar surface area (TPSA) is 102 Å². The molecule has 0 aliphatic carbocycles. The van der Waals surface area contributed by atoms with Crippen LogP contribution in [-0.4, -0.2) is 28.8 Å². The van der Waals surface area contributed by atoms with Crippen LogP contribution in [-0.2, 0) is 0 Å². The number of benzene rings is 1. The number of amides is 1. The highest BCUT2D eigenvalue weighted by atomic mass is 16.6. The number of nitrogens with two attached hydrogens (primary N) is 1. The van der Waals surface area contributed by atoms with E-state index in [-0.39, 0.29) is 22.8 Å². The maximum absolute atomic E-state index is 12.5. The fourth-order valence-corrected chi connectivity index (χ4v) is 2.54. The molecule has 1 aliphatic heterocycles. The highest BCUT2D eigenvalue weighted by Gasteiger charge is 2.29. The second-order valence-electron chi connectivity index (χ2n) is 4.92. The average Bonchev–Trinajstić information content (AvgIpc) is 2.94. The van der Waals surface area contributed by atoms with Gasteiger partial charge in [-0.15, -0.1) is 0 Å². The Kier molecular flexibility index (Phi) is 4.19. The Balaban J connectivity index is 2.31. The van der Waals surface area contributed by atoms with Gasteiger partial charge in [-0.05, 0) is 18.4 Å². The molecule has 1 amide bonds. The van der Waals surface area contributed by atoms with Crippen molar-refractivity contribution < 1.29 is 9.72 Å². The van der Waals surface area contributed by atoms with Crippen molar-refractivity contribution in [3.63, 3.8) is 0 Å². The van der Waals surface area contributed by atoms with Crippen molar-refractivity contribution in [2.75, 3.05) is 18.5 Å². The Morgan fingerprint density at radius 1 is 1.60 bits per heavy atom. The van der Waals surface area contributed by atoms with Gasteiger partial charge in [0.05, 0.1) is 10.5 Å². The summed E-state index contributed by atoms with van der Waals surface area (Å²) in [6, 6.07) is 4.38. The second-order valence-corrected chi connectivity index (χ2v) is 4.92. The van der Waals surface area contributed by atoms with E-state index in [0.717, 1.165) is 12.8 Å². The number of hydrogen-bond donors (Lipinski definition) is 2. The van der Waals surface area contributed by atoms with E-state index in [4.69, 9.17) is 5.84 Å². The number of rotatable bonds is 4.